The minimum absolute atomic E-state index is 0.0921. The molecule has 0 aromatic heterocycles. The van der Waals surface area contributed by atoms with Crippen LogP contribution < -0.4 is 0 Å². The van der Waals surface area contributed by atoms with Gasteiger partial charge in [-0.1, -0.05) is 73.3 Å². The Morgan fingerprint density at radius 1 is 0.800 bits per heavy atom. The number of benzene rings is 2. The summed E-state index contributed by atoms with van der Waals surface area (Å²) in [4.78, 5) is 23.4. The average molecular weight is 338 g/mol. The van der Waals surface area contributed by atoms with Crippen molar-refractivity contribution in [3.63, 3.8) is 0 Å². The second-order valence-corrected chi connectivity index (χ2v) is 4.97. The Morgan fingerprint density at radius 2 is 1.20 bits per heavy atom. The zero-order chi connectivity index (χ0) is 18.5. The lowest BCUT2D eigenvalue weighted by Crippen LogP contribution is -2.14. The van der Waals surface area contributed by atoms with Gasteiger partial charge in [0.25, 0.3) is 0 Å². The zero-order valence-corrected chi connectivity index (χ0v) is 14.3. The first kappa shape index (κ1) is 19.9. The molecule has 4 heteroatoms. The fourth-order valence-corrected chi connectivity index (χ4v) is 1.80. The minimum Gasteiger partial charge on any atom is -0.458 e. The lowest BCUT2D eigenvalue weighted by atomic mass is 10.1. The first-order chi connectivity index (χ1) is 12.1. The highest BCUT2D eigenvalue weighted by atomic mass is 16.5. The Morgan fingerprint density at radius 3 is 1.52 bits per heavy atom. The van der Waals surface area contributed by atoms with Gasteiger partial charge in [0.2, 0.25) is 0 Å². The van der Waals surface area contributed by atoms with Gasteiger partial charge in [-0.3, -0.25) is 0 Å². The third-order valence-corrected chi connectivity index (χ3v) is 2.97. The highest BCUT2D eigenvalue weighted by Crippen LogP contribution is 2.12. The van der Waals surface area contributed by atoms with Gasteiger partial charge >= 0.3 is 11.9 Å². The van der Waals surface area contributed by atoms with Gasteiger partial charge in [0, 0.05) is 0 Å². The van der Waals surface area contributed by atoms with Gasteiger partial charge in [-0.05, 0) is 19.1 Å². The standard InChI is InChI=1S/C14H14O4.C7H8/c1-3-9-17-13(15)11-7-5-6-8-12(11)14(16)18-10-4-2;1-7-5-3-2-4-6-7/h3-8H,1-2,9-10H2;2-6H,1H3. The highest BCUT2D eigenvalue weighted by molar-refractivity contribution is 6.03. The molecular weight excluding hydrogens is 316 g/mol. The number of ether oxygens (including phenoxy) is 2. The molecule has 0 saturated heterocycles. The molecule has 0 radical (unpaired) electrons. The summed E-state index contributed by atoms with van der Waals surface area (Å²) < 4.78 is 9.78. The quantitative estimate of drug-likeness (QED) is 0.580. The molecule has 0 fully saturated rings. The lowest BCUT2D eigenvalue weighted by molar-refractivity contribution is 0.0503. The van der Waals surface area contributed by atoms with E-state index in [1.54, 1.807) is 12.1 Å². The fraction of sp³-hybridized carbons (Fsp3) is 0.143. The highest BCUT2D eigenvalue weighted by Gasteiger charge is 2.18. The van der Waals surface area contributed by atoms with Crippen molar-refractivity contribution in [2.45, 2.75) is 6.92 Å². The number of carbonyl (C=O) groups is 2. The lowest BCUT2D eigenvalue weighted by Gasteiger charge is -2.07. The number of carbonyl (C=O) groups excluding carboxylic acids is 2. The molecule has 2 rings (SSSR count). The van der Waals surface area contributed by atoms with Gasteiger partial charge in [0.15, 0.2) is 0 Å². The van der Waals surface area contributed by atoms with Crippen LogP contribution in [0.25, 0.3) is 0 Å². The molecule has 0 amide bonds. The van der Waals surface area contributed by atoms with Crippen molar-refractivity contribution < 1.29 is 19.1 Å². The number of rotatable bonds is 6. The third-order valence-electron chi connectivity index (χ3n) is 2.97. The molecule has 0 aliphatic rings. The molecule has 0 unspecified atom stereocenters. The van der Waals surface area contributed by atoms with E-state index in [4.69, 9.17) is 9.47 Å². The molecule has 4 nitrogen and oxygen atoms in total. The molecule has 0 atom stereocenters. The fourth-order valence-electron chi connectivity index (χ4n) is 1.80. The van der Waals surface area contributed by atoms with E-state index in [0.29, 0.717) is 0 Å². The smallest absolute Gasteiger partial charge is 0.339 e. The summed E-state index contributed by atoms with van der Waals surface area (Å²) in [5.74, 6) is -1.16. The summed E-state index contributed by atoms with van der Waals surface area (Å²) in [6, 6.07) is 16.6. The molecule has 0 bridgehead atoms. The largest absolute Gasteiger partial charge is 0.458 e. The second-order valence-electron chi connectivity index (χ2n) is 4.97. The molecular formula is C21H22O4. The van der Waals surface area contributed by atoms with E-state index in [-0.39, 0.29) is 24.3 Å². The predicted molar refractivity (Wildman–Crippen MR) is 98.6 cm³/mol. The van der Waals surface area contributed by atoms with Crippen molar-refractivity contribution >= 4 is 11.9 Å². The van der Waals surface area contributed by atoms with Crippen LogP contribution in [0.3, 0.4) is 0 Å². The average Bonchev–Trinajstić information content (AvgIpc) is 2.65. The van der Waals surface area contributed by atoms with E-state index in [0.717, 1.165) is 0 Å². The summed E-state index contributed by atoms with van der Waals surface area (Å²) in [5, 5.41) is 0. The molecule has 0 heterocycles. The topological polar surface area (TPSA) is 52.6 Å². The molecule has 2 aromatic carbocycles. The van der Waals surface area contributed by atoms with Crippen molar-refractivity contribution in [2.24, 2.45) is 0 Å². The van der Waals surface area contributed by atoms with Crippen LogP contribution in [0.2, 0.25) is 0 Å². The maximum atomic E-state index is 11.7. The Labute approximate surface area is 148 Å². The SMILES string of the molecule is C=CCOC(=O)c1ccccc1C(=O)OCC=C.Cc1ccccc1. The van der Waals surface area contributed by atoms with Crippen molar-refractivity contribution in [1.29, 1.82) is 0 Å². The second kappa shape index (κ2) is 11.4. The first-order valence-electron chi connectivity index (χ1n) is 7.76. The molecule has 0 saturated carbocycles. The third kappa shape index (κ3) is 7.31. The number of aryl methyl sites for hydroxylation is 1. The van der Waals surface area contributed by atoms with Crippen molar-refractivity contribution in [3.05, 3.63) is 96.6 Å². The van der Waals surface area contributed by atoms with Gasteiger partial charge in [0.1, 0.15) is 13.2 Å². The first-order valence-corrected chi connectivity index (χ1v) is 7.76. The molecule has 0 aliphatic heterocycles. The minimum atomic E-state index is -0.582. The van der Waals surface area contributed by atoms with Gasteiger partial charge in [0.05, 0.1) is 11.1 Å². The molecule has 0 spiro atoms. The van der Waals surface area contributed by atoms with E-state index in [1.165, 1.54) is 29.8 Å². The number of hydrogen-bond acceptors (Lipinski definition) is 4. The van der Waals surface area contributed by atoms with E-state index >= 15 is 0 Å². The van der Waals surface area contributed by atoms with Gasteiger partial charge in [-0.15, -0.1) is 0 Å². The van der Waals surface area contributed by atoms with Crippen LogP contribution in [-0.2, 0) is 9.47 Å². The van der Waals surface area contributed by atoms with Crippen molar-refractivity contribution in [1.82, 2.24) is 0 Å². The van der Waals surface area contributed by atoms with Crippen molar-refractivity contribution in [3.8, 4) is 0 Å². The summed E-state index contributed by atoms with van der Waals surface area (Å²) >= 11 is 0. The normalized spacial score (nSPS) is 9.16. The van der Waals surface area contributed by atoms with Gasteiger partial charge in [-0.25, -0.2) is 9.59 Å². The Bertz CT molecular complexity index is 662. The Hall–Kier alpha value is -3.14. The molecule has 2 aromatic rings. The summed E-state index contributed by atoms with van der Waals surface area (Å²) in [6.45, 7) is 9.16. The van der Waals surface area contributed by atoms with Gasteiger partial charge < -0.3 is 9.47 Å². The number of esters is 2. The van der Waals surface area contributed by atoms with E-state index in [9.17, 15) is 9.59 Å². The monoisotopic (exact) mass is 338 g/mol. The summed E-state index contributed by atoms with van der Waals surface area (Å²) in [7, 11) is 0. The van der Waals surface area contributed by atoms with E-state index in [2.05, 4.69) is 32.2 Å². The molecule has 0 N–H and O–H groups in total. The molecule has 130 valence electrons. The van der Waals surface area contributed by atoms with Crippen LogP contribution in [-0.4, -0.2) is 25.2 Å². The zero-order valence-electron chi connectivity index (χ0n) is 14.3. The van der Waals surface area contributed by atoms with E-state index < -0.39 is 11.9 Å². The Balaban J connectivity index is 0.000000370. The maximum absolute atomic E-state index is 11.7. The van der Waals surface area contributed by atoms with Crippen LogP contribution in [0.4, 0.5) is 0 Å². The van der Waals surface area contributed by atoms with Gasteiger partial charge in [-0.2, -0.15) is 0 Å². The molecule has 0 aliphatic carbocycles. The van der Waals surface area contributed by atoms with Crippen LogP contribution in [0.1, 0.15) is 26.3 Å². The maximum Gasteiger partial charge on any atom is 0.339 e. The van der Waals surface area contributed by atoms with Crippen molar-refractivity contribution in [2.75, 3.05) is 13.2 Å². The predicted octanol–water partition coefficient (Wildman–Crippen LogP) is 4.37. The van der Waals surface area contributed by atoms with Crippen LogP contribution >= 0.6 is 0 Å². The van der Waals surface area contributed by atoms with E-state index in [1.807, 2.05) is 18.2 Å². The Kier molecular flexibility index (Phi) is 9.08. The summed E-state index contributed by atoms with van der Waals surface area (Å²) in [5.41, 5.74) is 1.67. The molecule has 25 heavy (non-hydrogen) atoms. The summed E-state index contributed by atoms with van der Waals surface area (Å²) in [6.07, 6.45) is 2.91. The van der Waals surface area contributed by atoms with Crippen LogP contribution in [0.5, 0.6) is 0 Å². The van der Waals surface area contributed by atoms with Crippen LogP contribution in [0, 0.1) is 6.92 Å². The van der Waals surface area contributed by atoms with Crippen LogP contribution in [0.15, 0.2) is 79.9 Å². The number of hydrogen-bond donors (Lipinski definition) is 0.